The number of hydrogen-bond donors (Lipinski definition) is 0. The Labute approximate surface area is 92.1 Å². The van der Waals surface area contributed by atoms with Crippen LogP contribution < -0.4 is 4.74 Å². The molecule has 3 nitrogen and oxygen atoms in total. The summed E-state index contributed by atoms with van der Waals surface area (Å²) in [7, 11) is -1.76. The van der Waals surface area contributed by atoms with Crippen LogP contribution in [0.15, 0.2) is 27.6 Å². The summed E-state index contributed by atoms with van der Waals surface area (Å²) >= 11 is 3.23. The van der Waals surface area contributed by atoms with Crippen LogP contribution in [0.1, 0.15) is 6.92 Å². The fourth-order valence-corrected chi connectivity index (χ4v) is 2.64. The minimum absolute atomic E-state index is 0.0693. The molecule has 0 atom stereocenters. The van der Waals surface area contributed by atoms with Gasteiger partial charge in [0.1, 0.15) is 10.6 Å². The Kier molecular flexibility index (Phi) is 3.55. The van der Waals surface area contributed by atoms with E-state index in [2.05, 4.69) is 15.9 Å². The van der Waals surface area contributed by atoms with E-state index in [9.17, 15) is 8.42 Å². The fraction of sp³-hybridized carbons (Fsp3) is 0.333. The number of benzene rings is 1. The highest BCUT2D eigenvalue weighted by Crippen LogP contribution is 2.27. The fourth-order valence-electron chi connectivity index (χ4n) is 1.05. The first-order valence-electron chi connectivity index (χ1n) is 4.07. The third-order valence-electron chi connectivity index (χ3n) is 1.84. The quantitative estimate of drug-likeness (QED) is 0.852. The minimum Gasteiger partial charge on any atom is -0.495 e. The van der Waals surface area contributed by atoms with E-state index in [1.807, 2.05) is 0 Å². The van der Waals surface area contributed by atoms with Gasteiger partial charge in [-0.25, -0.2) is 8.42 Å². The zero-order chi connectivity index (χ0) is 10.8. The van der Waals surface area contributed by atoms with Gasteiger partial charge in [0.2, 0.25) is 0 Å². The first-order chi connectivity index (χ1) is 6.51. The summed E-state index contributed by atoms with van der Waals surface area (Å²) < 4.78 is 29.0. The number of hydrogen-bond acceptors (Lipinski definition) is 3. The molecule has 0 fully saturated rings. The number of rotatable bonds is 3. The number of sulfone groups is 1. The largest absolute Gasteiger partial charge is 0.495 e. The zero-order valence-corrected chi connectivity index (χ0v) is 10.4. The van der Waals surface area contributed by atoms with E-state index in [1.165, 1.54) is 7.11 Å². The van der Waals surface area contributed by atoms with Gasteiger partial charge in [-0.15, -0.1) is 0 Å². The van der Waals surface area contributed by atoms with Crippen molar-refractivity contribution in [1.29, 1.82) is 0 Å². The van der Waals surface area contributed by atoms with Gasteiger partial charge in [0.05, 0.1) is 12.9 Å². The Morgan fingerprint density at radius 2 is 2.07 bits per heavy atom. The van der Waals surface area contributed by atoms with E-state index in [-0.39, 0.29) is 10.6 Å². The maximum Gasteiger partial charge on any atom is 0.181 e. The first kappa shape index (κ1) is 11.5. The van der Waals surface area contributed by atoms with Crippen molar-refractivity contribution in [2.45, 2.75) is 11.8 Å². The highest BCUT2D eigenvalue weighted by Gasteiger charge is 2.17. The molecule has 0 unspecified atom stereocenters. The van der Waals surface area contributed by atoms with E-state index in [0.717, 1.165) is 4.47 Å². The molecule has 0 aliphatic rings. The molecule has 0 N–H and O–H groups in total. The van der Waals surface area contributed by atoms with Crippen LogP contribution in [-0.2, 0) is 9.84 Å². The second-order valence-electron chi connectivity index (χ2n) is 2.70. The minimum atomic E-state index is -3.22. The Bertz CT molecular complexity index is 426. The second-order valence-corrected chi connectivity index (χ2v) is 5.86. The van der Waals surface area contributed by atoms with Gasteiger partial charge in [0, 0.05) is 4.47 Å². The number of methoxy groups -OCH3 is 1. The zero-order valence-electron chi connectivity index (χ0n) is 7.95. The standard InChI is InChI=1S/C9H11BrO3S/c1-3-14(11,12)9-6-7(10)4-5-8(9)13-2/h4-6H,3H2,1-2H3. The number of halogens is 1. The van der Waals surface area contributed by atoms with Crippen molar-refractivity contribution in [1.82, 2.24) is 0 Å². The van der Waals surface area contributed by atoms with Crippen molar-refractivity contribution < 1.29 is 13.2 Å². The van der Waals surface area contributed by atoms with Crippen molar-refractivity contribution >= 4 is 25.8 Å². The molecular weight excluding hydrogens is 268 g/mol. The molecule has 1 aromatic carbocycles. The van der Waals surface area contributed by atoms with Crippen LogP contribution in [0, 0.1) is 0 Å². The topological polar surface area (TPSA) is 43.4 Å². The van der Waals surface area contributed by atoms with Crippen LogP contribution in [0.4, 0.5) is 0 Å². The summed E-state index contributed by atoms with van der Waals surface area (Å²) in [6.07, 6.45) is 0. The van der Waals surface area contributed by atoms with Crippen LogP contribution in [0.5, 0.6) is 5.75 Å². The average Bonchev–Trinajstić information content (AvgIpc) is 2.18. The van der Waals surface area contributed by atoms with E-state index >= 15 is 0 Å². The van der Waals surface area contributed by atoms with E-state index in [0.29, 0.717) is 5.75 Å². The third kappa shape index (κ3) is 2.27. The maximum absolute atomic E-state index is 11.6. The lowest BCUT2D eigenvalue weighted by Gasteiger charge is -2.08. The second kappa shape index (κ2) is 4.31. The van der Waals surface area contributed by atoms with Crippen LogP contribution in [0.3, 0.4) is 0 Å². The molecule has 0 aliphatic carbocycles. The van der Waals surface area contributed by atoms with Gasteiger partial charge >= 0.3 is 0 Å². The van der Waals surface area contributed by atoms with Crippen LogP contribution in [0.2, 0.25) is 0 Å². The smallest absolute Gasteiger partial charge is 0.181 e. The Balaban J connectivity index is 3.39. The molecule has 0 heterocycles. The Morgan fingerprint density at radius 1 is 1.43 bits per heavy atom. The molecule has 0 saturated heterocycles. The summed E-state index contributed by atoms with van der Waals surface area (Å²) in [6.45, 7) is 1.61. The lowest BCUT2D eigenvalue weighted by Crippen LogP contribution is -2.05. The molecule has 1 rings (SSSR count). The predicted octanol–water partition coefficient (Wildman–Crippen LogP) is 2.25. The van der Waals surface area contributed by atoms with Crippen LogP contribution in [-0.4, -0.2) is 21.3 Å². The summed E-state index contributed by atoms with van der Waals surface area (Å²) in [5.74, 6) is 0.454. The maximum atomic E-state index is 11.6. The molecule has 1 aromatic rings. The molecule has 0 amide bonds. The van der Waals surface area contributed by atoms with E-state index < -0.39 is 9.84 Å². The molecule has 5 heteroatoms. The average molecular weight is 279 g/mol. The van der Waals surface area contributed by atoms with Gasteiger partial charge in [-0.1, -0.05) is 22.9 Å². The van der Waals surface area contributed by atoms with Gasteiger partial charge in [-0.05, 0) is 18.2 Å². The third-order valence-corrected chi connectivity index (χ3v) is 4.08. The van der Waals surface area contributed by atoms with Crippen molar-refractivity contribution in [2.24, 2.45) is 0 Å². The SMILES string of the molecule is CCS(=O)(=O)c1cc(Br)ccc1OC. The van der Waals surface area contributed by atoms with Crippen LogP contribution >= 0.6 is 15.9 Å². The summed E-state index contributed by atoms with van der Waals surface area (Å²) in [5.41, 5.74) is 0. The Morgan fingerprint density at radius 3 is 2.57 bits per heavy atom. The van der Waals surface area contributed by atoms with Crippen molar-refractivity contribution in [2.75, 3.05) is 12.9 Å². The predicted molar refractivity (Wildman–Crippen MR) is 58.4 cm³/mol. The summed E-state index contributed by atoms with van der Waals surface area (Å²) in [4.78, 5) is 0.233. The van der Waals surface area contributed by atoms with E-state index in [1.54, 1.807) is 25.1 Å². The first-order valence-corrected chi connectivity index (χ1v) is 6.52. The molecule has 14 heavy (non-hydrogen) atoms. The van der Waals surface area contributed by atoms with Gasteiger partial charge in [0.15, 0.2) is 9.84 Å². The Hall–Kier alpha value is -0.550. The molecule has 0 radical (unpaired) electrons. The molecule has 0 bridgehead atoms. The molecule has 0 saturated carbocycles. The highest BCUT2D eigenvalue weighted by molar-refractivity contribution is 9.10. The van der Waals surface area contributed by atoms with Crippen molar-refractivity contribution in [3.8, 4) is 5.75 Å². The van der Waals surface area contributed by atoms with E-state index in [4.69, 9.17) is 4.74 Å². The number of ether oxygens (including phenoxy) is 1. The highest BCUT2D eigenvalue weighted by atomic mass is 79.9. The molecular formula is C9H11BrO3S. The molecule has 0 aromatic heterocycles. The van der Waals surface area contributed by atoms with Gasteiger partial charge in [-0.2, -0.15) is 0 Å². The lowest BCUT2D eigenvalue weighted by molar-refractivity contribution is 0.402. The van der Waals surface area contributed by atoms with Crippen molar-refractivity contribution in [3.05, 3.63) is 22.7 Å². The van der Waals surface area contributed by atoms with Gasteiger partial charge < -0.3 is 4.74 Å². The monoisotopic (exact) mass is 278 g/mol. The molecule has 78 valence electrons. The molecule has 0 aliphatic heterocycles. The van der Waals surface area contributed by atoms with Gasteiger partial charge in [0.25, 0.3) is 0 Å². The molecule has 0 spiro atoms. The van der Waals surface area contributed by atoms with Gasteiger partial charge in [-0.3, -0.25) is 0 Å². The normalized spacial score (nSPS) is 11.4. The summed E-state index contributed by atoms with van der Waals surface area (Å²) in [5, 5.41) is 0. The lowest BCUT2D eigenvalue weighted by atomic mass is 10.3. The van der Waals surface area contributed by atoms with Crippen LogP contribution in [0.25, 0.3) is 0 Å². The summed E-state index contributed by atoms with van der Waals surface area (Å²) in [6, 6.07) is 4.93. The van der Waals surface area contributed by atoms with Crippen molar-refractivity contribution in [3.63, 3.8) is 0 Å².